The maximum absolute atomic E-state index is 11.7. The van der Waals surface area contributed by atoms with Crippen molar-refractivity contribution in [1.82, 2.24) is 4.98 Å². The number of rotatable bonds is 3. The highest BCUT2D eigenvalue weighted by Gasteiger charge is 2.16. The van der Waals surface area contributed by atoms with Gasteiger partial charge in [0.25, 0.3) is 0 Å². The van der Waals surface area contributed by atoms with Crippen molar-refractivity contribution in [2.24, 2.45) is 5.92 Å². The molecule has 0 atom stereocenters. The van der Waals surface area contributed by atoms with E-state index in [4.69, 9.17) is 0 Å². The van der Waals surface area contributed by atoms with E-state index < -0.39 is 0 Å². The number of nitrogens with one attached hydrogen (secondary N) is 1. The quantitative estimate of drug-likeness (QED) is 0.871. The van der Waals surface area contributed by atoms with Gasteiger partial charge in [0.15, 0.2) is 0 Å². The number of hydrogen-bond donors (Lipinski definition) is 1. The maximum atomic E-state index is 11.7. The highest BCUT2D eigenvalue weighted by atomic mass is 16.1. The van der Waals surface area contributed by atoms with Gasteiger partial charge < -0.3 is 5.32 Å². The molecule has 0 unspecified atom stereocenters. The number of aromatic nitrogens is 1. The van der Waals surface area contributed by atoms with Crippen LogP contribution in [0.2, 0.25) is 0 Å². The maximum Gasteiger partial charge on any atom is 0.224 e. The lowest BCUT2D eigenvalue weighted by Crippen LogP contribution is -2.16. The van der Waals surface area contributed by atoms with Gasteiger partial charge in [-0.25, -0.2) is 0 Å². The van der Waals surface area contributed by atoms with Crippen LogP contribution in [0.5, 0.6) is 0 Å². The Kier molecular flexibility index (Phi) is 4.27. The molecule has 0 saturated carbocycles. The lowest BCUT2D eigenvalue weighted by atomic mass is 9.91. The average Bonchev–Trinajstić information content (AvgIpc) is 2.15. The normalized spacial score (nSPS) is 11.6. The third kappa shape index (κ3) is 4.55. The van der Waals surface area contributed by atoms with E-state index in [0.717, 1.165) is 11.4 Å². The van der Waals surface area contributed by atoms with E-state index in [-0.39, 0.29) is 11.3 Å². The summed E-state index contributed by atoms with van der Waals surface area (Å²) in [5, 5.41) is 2.91. The number of anilines is 1. The Morgan fingerprint density at radius 1 is 1.41 bits per heavy atom. The highest BCUT2D eigenvalue weighted by Crippen LogP contribution is 2.22. The molecule has 0 aliphatic carbocycles. The van der Waals surface area contributed by atoms with Crippen molar-refractivity contribution >= 4 is 11.6 Å². The minimum absolute atomic E-state index is 0.00120. The molecule has 1 rings (SSSR count). The van der Waals surface area contributed by atoms with E-state index >= 15 is 0 Å². The molecule has 1 heterocycles. The largest absolute Gasteiger partial charge is 0.326 e. The molecular weight excluding hydrogens is 212 g/mol. The molecule has 3 heteroatoms. The molecular formula is C14H22N2O. The summed E-state index contributed by atoms with van der Waals surface area (Å²) in [4.78, 5) is 16.0. The van der Waals surface area contributed by atoms with Gasteiger partial charge in [0.05, 0.1) is 0 Å². The SMILES string of the molecule is CC(C)CC(=O)Nc1ccnc(C(C)(C)C)c1. The van der Waals surface area contributed by atoms with Crippen LogP contribution in [-0.2, 0) is 10.2 Å². The highest BCUT2D eigenvalue weighted by molar-refractivity contribution is 5.90. The first-order valence-electron chi connectivity index (χ1n) is 6.05. The van der Waals surface area contributed by atoms with Crippen molar-refractivity contribution in [2.75, 3.05) is 5.32 Å². The Balaban J connectivity index is 2.76. The van der Waals surface area contributed by atoms with Gasteiger partial charge in [-0.1, -0.05) is 34.6 Å². The van der Waals surface area contributed by atoms with Crippen LogP contribution in [0.4, 0.5) is 5.69 Å². The summed E-state index contributed by atoms with van der Waals surface area (Å²) in [6.07, 6.45) is 2.29. The Bertz CT molecular complexity index is 391. The first kappa shape index (κ1) is 13.7. The van der Waals surface area contributed by atoms with Gasteiger partial charge in [-0.05, 0) is 18.1 Å². The third-order valence-corrected chi connectivity index (χ3v) is 2.41. The van der Waals surface area contributed by atoms with Crippen molar-refractivity contribution in [1.29, 1.82) is 0 Å². The molecule has 0 saturated heterocycles. The first-order valence-corrected chi connectivity index (χ1v) is 6.05. The smallest absolute Gasteiger partial charge is 0.224 e. The van der Waals surface area contributed by atoms with E-state index in [1.165, 1.54) is 0 Å². The van der Waals surface area contributed by atoms with Gasteiger partial charge in [0, 0.05) is 29.4 Å². The second-order valence-electron chi connectivity index (χ2n) is 5.83. The summed E-state index contributed by atoms with van der Waals surface area (Å²) in [6.45, 7) is 10.4. The zero-order chi connectivity index (χ0) is 13.1. The molecule has 1 amide bonds. The second-order valence-corrected chi connectivity index (χ2v) is 5.83. The molecule has 0 bridgehead atoms. The summed E-state index contributed by atoms with van der Waals surface area (Å²) in [5.41, 5.74) is 1.81. The fourth-order valence-electron chi connectivity index (χ4n) is 1.50. The average molecular weight is 234 g/mol. The van der Waals surface area contributed by atoms with Gasteiger partial charge >= 0.3 is 0 Å². The van der Waals surface area contributed by atoms with Gasteiger partial charge in [-0.3, -0.25) is 9.78 Å². The lowest BCUT2D eigenvalue weighted by Gasteiger charge is -2.18. The number of carbonyl (C=O) groups is 1. The lowest BCUT2D eigenvalue weighted by molar-refractivity contribution is -0.116. The number of pyridine rings is 1. The minimum atomic E-state index is -0.00120. The topological polar surface area (TPSA) is 42.0 Å². The number of hydrogen-bond acceptors (Lipinski definition) is 2. The first-order chi connectivity index (χ1) is 7.79. The molecule has 0 radical (unpaired) electrons. The third-order valence-electron chi connectivity index (χ3n) is 2.41. The molecule has 1 aromatic rings. The van der Waals surface area contributed by atoms with E-state index in [0.29, 0.717) is 12.3 Å². The van der Waals surface area contributed by atoms with E-state index in [9.17, 15) is 4.79 Å². The monoisotopic (exact) mass is 234 g/mol. The summed E-state index contributed by atoms with van der Waals surface area (Å²) in [7, 11) is 0. The van der Waals surface area contributed by atoms with E-state index in [2.05, 4.69) is 31.1 Å². The Hall–Kier alpha value is -1.38. The van der Waals surface area contributed by atoms with Gasteiger partial charge in [0.2, 0.25) is 5.91 Å². The van der Waals surface area contributed by atoms with Gasteiger partial charge in [0.1, 0.15) is 0 Å². The molecule has 0 aromatic carbocycles. The standard InChI is InChI=1S/C14H22N2O/c1-10(2)8-13(17)16-11-6-7-15-12(9-11)14(3,4)5/h6-7,9-10H,8H2,1-5H3,(H,15,16,17). The Morgan fingerprint density at radius 2 is 2.06 bits per heavy atom. The van der Waals surface area contributed by atoms with Crippen molar-refractivity contribution in [3.05, 3.63) is 24.0 Å². The molecule has 0 aliphatic rings. The fourth-order valence-corrected chi connectivity index (χ4v) is 1.50. The summed E-state index contributed by atoms with van der Waals surface area (Å²) < 4.78 is 0. The van der Waals surface area contributed by atoms with Gasteiger partial charge in [-0.2, -0.15) is 0 Å². The van der Waals surface area contributed by atoms with Crippen LogP contribution < -0.4 is 5.32 Å². The van der Waals surface area contributed by atoms with Crippen LogP contribution >= 0.6 is 0 Å². The van der Waals surface area contributed by atoms with Gasteiger partial charge in [-0.15, -0.1) is 0 Å². The predicted octanol–water partition coefficient (Wildman–Crippen LogP) is 3.36. The molecule has 94 valence electrons. The van der Waals surface area contributed by atoms with Crippen LogP contribution in [0.25, 0.3) is 0 Å². The number of amides is 1. The van der Waals surface area contributed by atoms with E-state index in [1.54, 1.807) is 6.20 Å². The number of carbonyl (C=O) groups excluding carboxylic acids is 1. The van der Waals surface area contributed by atoms with E-state index in [1.807, 2.05) is 26.0 Å². The summed E-state index contributed by atoms with van der Waals surface area (Å²) in [5.74, 6) is 0.435. The second kappa shape index (κ2) is 5.30. The Morgan fingerprint density at radius 3 is 2.59 bits per heavy atom. The minimum Gasteiger partial charge on any atom is -0.326 e. The number of nitrogens with zero attached hydrogens (tertiary/aromatic N) is 1. The molecule has 0 aliphatic heterocycles. The van der Waals surface area contributed by atoms with Crippen molar-refractivity contribution in [3.8, 4) is 0 Å². The van der Waals surface area contributed by atoms with Crippen LogP contribution in [-0.4, -0.2) is 10.9 Å². The van der Waals surface area contributed by atoms with Crippen molar-refractivity contribution in [3.63, 3.8) is 0 Å². The predicted molar refractivity (Wildman–Crippen MR) is 71.0 cm³/mol. The van der Waals surface area contributed by atoms with Crippen LogP contribution in [0, 0.1) is 5.92 Å². The zero-order valence-electron chi connectivity index (χ0n) is 11.4. The Labute approximate surface area is 104 Å². The molecule has 0 spiro atoms. The van der Waals surface area contributed by atoms with Crippen LogP contribution in [0.1, 0.15) is 46.7 Å². The fraction of sp³-hybridized carbons (Fsp3) is 0.571. The molecule has 17 heavy (non-hydrogen) atoms. The molecule has 1 N–H and O–H groups in total. The van der Waals surface area contributed by atoms with Crippen molar-refractivity contribution < 1.29 is 4.79 Å². The summed E-state index contributed by atoms with van der Waals surface area (Å²) >= 11 is 0. The van der Waals surface area contributed by atoms with Crippen LogP contribution in [0.3, 0.4) is 0 Å². The summed E-state index contributed by atoms with van der Waals surface area (Å²) in [6, 6.07) is 3.77. The molecule has 3 nitrogen and oxygen atoms in total. The van der Waals surface area contributed by atoms with Crippen LogP contribution in [0.15, 0.2) is 18.3 Å². The molecule has 0 fully saturated rings. The molecule has 1 aromatic heterocycles. The zero-order valence-corrected chi connectivity index (χ0v) is 11.4. The van der Waals surface area contributed by atoms with Crippen molar-refractivity contribution in [2.45, 2.75) is 46.5 Å².